The van der Waals surface area contributed by atoms with Crippen LogP contribution in [0, 0.1) is 0 Å². The van der Waals surface area contributed by atoms with Crippen LogP contribution in [0.2, 0.25) is 0 Å². The van der Waals surface area contributed by atoms with E-state index in [1.807, 2.05) is 0 Å². The van der Waals surface area contributed by atoms with Gasteiger partial charge >= 0.3 is 7.25 Å². The summed E-state index contributed by atoms with van der Waals surface area (Å²) in [6, 6.07) is 45.3. The summed E-state index contributed by atoms with van der Waals surface area (Å²) in [5.41, 5.74) is 8.59. The van der Waals surface area contributed by atoms with Gasteiger partial charge in [0.05, 0.1) is 16.5 Å². The molecular weight excluding hydrogens is 473 g/mol. The van der Waals surface area contributed by atoms with Crippen LogP contribution < -0.4 is 4.40 Å². The van der Waals surface area contributed by atoms with Gasteiger partial charge in [-0.3, -0.25) is 0 Å². The number of hydrogen-bond donors (Lipinski definition) is 0. The van der Waals surface area contributed by atoms with Crippen molar-refractivity contribution in [3.8, 4) is 33.5 Å². The van der Waals surface area contributed by atoms with Gasteiger partial charge < -0.3 is 17.3 Å². The summed E-state index contributed by atoms with van der Waals surface area (Å²) in [5.74, 6) is 0. The van der Waals surface area contributed by atoms with E-state index in [4.69, 9.17) is 0 Å². The van der Waals surface area contributed by atoms with Gasteiger partial charge in [-0.25, -0.2) is 0 Å². The maximum atomic E-state index is 9.75. The molecule has 2 aromatic heterocycles. The third-order valence-electron chi connectivity index (χ3n) is 6.12. The van der Waals surface area contributed by atoms with Crippen molar-refractivity contribution < 1.29 is 21.7 Å². The maximum absolute atomic E-state index is 9.75. The fraction of sp³-hybridized carbons (Fsp3) is 0. The maximum Gasteiger partial charge on any atom is 0.673 e. The number of aromatic nitrogens is 1. The molecule has 0 aliphatic carbocycles. The summed E-state index contributed by atoms with van der Waals surface area (Å²) < 4.78 is 41.4. The monoisotopic (exact) mass is 495 g/mol. The first-order valence-electron chi connectivity index (χ1n) is 11.8. The Balaban J connectivity index is 0.000000514. The minimum atomic E-state index is -6.00. The van der Waals surface area contributed by atoms with Gasteiger partial charge in [0.1, 0.15) is 0 Å². The van der Waals surface area contributed by atoms with Crippen molar-refractivity contribution >= 4 is 23.5 Å². The molecule has 6 rings (SSSR count). The summed E-state index contributed by atoms with van der Waals surface area (Å²) in [7, 11) is -6.00. The lowest BCUT2D eigenvalue weighted by Gasteiger charge is -2.14. The number of halogens is 4. The molecule has 0 aliphatic heterocycles. The van der Waals surface area contributed by atoms with Gasteiger partial charge in [0.2, 0.25) is 11.2 Å². The van der Waals surface area contributed by atoms with E-state index >= 15 is 0 Å². The highest BCUT2D eigenvalue weighted by Gasteiger charge is 2.26. The Hall–Kier alpha value is -4.45. The Morgan fingerprint density at radius 2 is 0.919 bits per heavy atom. The lowest BCUT2D eigenvalue weighted by atomic mass is 9.91. The number of benzene rings is 4. The average molecular weight is 495 g/mol. The van der Waals surface area contributed by atoms with Gasteiger partial charge in [0.25, 0.3) is 0 Å². The van der Waals surface area contributed by atoms with Crippen LogP contribution in [0.4, 0.5) is 17.3 Å². The van der Waals surface area contributed by atoms with E-state index in [-0.39, 0.29) is 0 Å². The molecule has 0 atom stereocenters. The molecule has 0 fully saturated rings. The lowest BCUT2D eigenvalue weighted by Crippen LogP contribution is -2.26. The van der Waals surface area contributed by atoms with Crippen molar-refractivity contribution in [3.05, 3.63) is 134 Å². The zero-order chi connectivity index (χ0) is 25.8. The first-order chi connectivity index (χ1) is 17.9. The van der Waals surface area contributed by atoms with E-state index in [1.165, 1.54) is 49.8 Å². The minimum absolute atomic E-state index is 1.21. The molecule has 4 aromatic carbocycles. The fourth-order valence-electron chi connectivity index (χ4n) is 4.75. The van der Waals surface area contributed by atoms with Crippen molar-refractivity contribution in [2.24, 2.45) is 0 Å². The van der Waals surface area contributed by atoms with Gasteiger partial charge in [-0.2, -0.15) is 4.40 Å². The van der Waals surface area contributed by atoms with Gasteiger partial charge in [0, 0.05) is 17.0 Å². The lowest BCUT2D eigenvalue weighted by molar-refractivity contribution is -0.497. The molecule has 0 spiro atoms. The summed E-state index contributed by atoms with van der Waals surface area (Å²) in [4.78, 5) is 0. The summed E-state index contributed by atoms with van der Waals surface area (Å²) in [6.45, 7) is 0. The second-order valence-corrected chi connectivity index (χ2v) is 8.50. The molecule has 37 heavy (non-hydrogen) atoms. The van der Waals surface area contributed by atoms with Crippen LogP contribution in [-0.2, 0) is 0 Å². The topological polar surface area (TPSA) is 4.10 Å². The van der Waals surface area contributed by atoms with E-state index in [0.29, 0.717) is 0 Å². The van der Waals surface area contributed by atoms with Crippen LogP contribution in [0.1, 0.15) is 0 Å². The molecule has 0 bridgehead atoms. The third kappa shape index (κ3) is 5.24. The van der Waals surface area contributed by atoms with Gasteiger partial charge in [-0.05, 0) is 35.4 Å². The fourth-order valence-corrected chi connectivity index (χ4v) is 4.75. The number of hydrogen-bond acceptors (Lipinski definition) is 0. The molecule has 6 aromatic rings. The largest absolute Gasteiger partial charge is 0.673 e. The summed E-state index contributed by atoms with van der Waals surface area (Å²) in [6.07, 6.45) is 2.20. The number of fused-ring (bicyclic) bond motifs is 3. The Bertz CT molecular complexity index is 1650. The quantitative estimate of drug-likeness (QED) is 0.1000. The second-order valence-electron chi connectivity index (χ2n) is 8.50. The van der Waals surface area contributed by atoms with Crippen molar-refractivity contribution in [3.63, 3.8) is 0 Å². The molecule has 0 saturated heterocycles. The van der Waals surface area contributed by atoms with E-state index in [1.54, 1.807) is 0 Å². The first-order valence-corrected chi connectivity index (χ1v) is 11.8. The molecule has 0 aliphatic rings. The highest BCUT2D eigenvalue weighted by Crippen LogP contribution is 2.39. The molecule has 0 unspecified atom stereocenters. The van der Waals surface area contributed by atoms with E-state index in [9.17, 15) is 17.3 Å². The minimum Gasteiger partial charge on any atom is -0.418 e. The van der Waals surface area contributed by atoms with Crippen LogP contribution >= 0.6 is 0 Å². The van der Waals surface area contributed by atoms with Gasteiger partial charge in [-0.1, -0.05) is 97.1 Å². The molecule has 6 heteroatoms. The molecule has 0 amide bonds. The van der Waals surface area contributed by atoms with Crippen LogP contribution in [0.3, 0.4) is 0 Å². The third-order valence-corrected chi connectivity index (χ3v) is 6.12. The molecule has 1 nitrogen and oxygen atoms in total. The van der Waals surface area contributed by atoms with Crippen LogP contribution in [0.25, 0.3) is 49.8 Å². The van der Waals surface area contributed by atoms with Crippen molar-refractivity contribution in [1.29, 1.82) is 0 Å². The first kappa shape index (κ1) is 24.3. The van der Waals surface area contributed by atoms with Crippen molar-refractivity contribution in [2.45, 2.75) is 0 Å². The standard InChI is InChI=1S/C31H22N.BF4/c1-4-13-23(14-5-1)26-21-12-22-32-30(25-17-8-3-9-18-25)29(24-15-6-2-7-16-24)27-19-10-11-20-28(27)31(26)32;2-1(3,4)5/h1-22H;/q+1;-1. The van der Waals surface area contributed by atoms with Crippen molar-refractivity contribution in [1.82, 2.24) is 0 Å². The van der Waals surface area contributed by atoms with Crippen LogP contribution in [0.5, 0.6) is 0 Å². The number of rotatable bonds is 3. The number of pyridine rings is 2. The Kier molecular flexibility index (Phi) is 6.73. The molecule has 0 N–H and O–H groups in total. The van der Waals surface area contributed by atoms with Crippen LogP contribution in [-0.4, -0.2) is 7.25 Å². The van der Waals surface area contributed by atoms with Gasteiger partial charge in [0.15, 0.2) is 6.20 Å². The Morgan fingerprint density at radius 1 is 0.459 bits per heavy atom. The molecular formula is C31H22BF4N. The van der Waals surface area contributed by atoms with Crippen molar-refractivity contribution in [2.75, 3.05) is 0 Å². The van der Waals surface area contributed by atoms with Crippen LogP contribution in [0.15, 0.2) is 134 Å². The highest BCUT2D eigenvalue weighted by molar-refractivity contribution is 6.50. The van der Waals surface area contributed by atoms with E-state index < -0.39 is 7.25 Å². The molecule has 182 valence electrons. The predicted octanol–water partition coefficient (Wildman–Crippen LogP) is 8.88. The van der Waals surface area contributed by atoms with E-state index in [0.717, 1.165) is 0 Å². The summed E-state index contributed by atoms with van der Waals surface area (Å²) >= 11 is 0. The Labute approximate surface area is 212 Å². The second kappa shape index (κ2) is 10.3. The molecule has 0 radical (unpaired) electrons. The zero-order valence-corrected chi connectivity index (χ0v) is 19.7. The predicted molar refractivity (Wildman–Crippen MR) is 144 cm³/mol. The summed E-state index contributed by atoms with van der Waals surface area (Å²) in [5, 5.41) is 2.52. The number of nitrogens with zero attached hydrogens (tertiary/aromatic N) is 1. The SMILES string of the molecule is F[B-](F)(F)F.c1ccc(-c2c(-c3ccccc3)[n+]3cccc(-c4ccccc4)c3c3ccccc23)cc1. The van der Waals surface area contributed by atoms with E-state index in [2.05, 4.69) is 138 Å². The average Bonchev–Trinajstić information content (AvgIpc) is 2.92. The zero-order valence-electron chi connectivity index (χ0n) is 19.7. The smallest absolute Gasteiger partial charge is 0.418 e. The highest BCUT2D eigenvalue weighted by atomic mass is 19.5. The molecule has 0 saturated carbocycles. The Morgan fingerprint density at radius 3 is 1.49 bits per heavy atom. The molecule has 2 heterocycles. The normalized spacial score (nSPS) is 11.2. The van der Waals surface area contributed by atoms with Gasteiger partial charge in [-0.15, -0.1) is 0 Å².